The maximum absolute atomic E-state index is 12.4. The number of hydrogen-bond acceptors (Lipinski definition) is 5. The molecule has 1 aromatic carbocycles. The van der Waals surface area contributed by atoms with Crippen molar-refractivity contribution in [1.29, 1.82) is 0 Å². The van der Waals surface area contributed by atoms with Gasteiger partial charge in [0.2, 0.25) is 0 Å². The summed E-state index contributed by atoms with van der Waals surface area (Å²) in [5.41, 5.74) is 1.12. The van der Waals surface area contributed by atoms with E-state index in [1.54, 1.807) is 6.07 Å². The van der Waals surface area contributed by atoms with Crippen molar-refractivity contribution < 1.29 is 14.4 Å². The lowest BCUT2D eigenvalue weighted by atomic mass is 9.77. The summed E-state index contributed by atoms with van der Waals surface area (Å²) < 4.78 is 5.27. The lowest BCUT2D eigenvalue weighted by Crippen LogP contribution is -2.49. The highest BCUT2D eigenvalue weighted by Crippen LogP contribution is 2.33. The standard InChI is InChI=1S/C18H21N3O3/c22-16-7-13-10-19-9-12(13)6-14(16)20-18(23)15-8-17(24-21-15)11-4-2-1-3-5-11/h1-5,8,12-14,16,19,22H,6-7,9-10H2,(H,20,23)/t12-,13+,14-,16-/m0/s1. The summed E-state index contributed by atoms with van der Waals surface area (Å²) in [5, 5.41) is 20.5. The number of hydrogen-bond donors (Lipinski definition) is 3. The van der Waals surface area contributed by atoms with Gasteiger partial charge >= 0.3 is 0 Å². The third-order valence-electron chi connectivity index (χ3n) is 5.16. The van der Waals surface area contributed by atoms with E-state index in [4.69, 9.17) is 4.52 Å². The molecule has 1 aromatic heterocycles. The first-order chi connectivity index (χ1) is 11.7. The Morgan fingerprint density at radius 1 is 1.21 bits per heavy atom. The van der Waals surface area contributed by atoms with Gasteiger partial charge in [-0.1, -0.05) is 35.5 Å². The van der Waals surface area contributed by atoms with Crippen molar-refractivity contribution in [3.05, 3.63) is 42.1 Å². The van der Waals surface area contributed by atoms with Gasteiger partial charge in [0.25, 0.3) is 5.91 Å². The first kappa shape index (κ1) is 15.4. The van der Waals surface area contributed by atoms with Crippen LogP contribution in [0.5, 0.6) is 0 Å². The molecule has 2 fully saturated rings. The van der Waals surface area contributed by atoms with Crippen molar-refractivity contribution in [2.24, 2.45) is 11.8 Å². The fourth-order valence-corrected chi connectivity index (χ4v) is 3.81. The van der Waals surface area contributed by atoms with E-state index in [2.05, 4.69) is 15.8 Å². The molecule has 6 nitrogen and oxygen atoms in total. The average Bonchev–Trinajstić information content (AvgIpc) is 3.25. The van der Waals surface area contributed by atoms with Gasteiger partial charge in [0.05, 0.1) is 12.1 Å². The number of aliphatic hydroxyl groups excluding tert-OH is 1. The molecule has 2 heterocycles. The molecule has 2 aromatic rings. The maximum Gasteiger partial charge on any atom is 0.273 e. The zero-order chi connectivity index (χ0) is 16.5. The lowest BCUT2D eigenvalue weighted by molar-refractivity contribution is 0.0459. The summed E-state index contributed by atoms with van der Waals surface area (Å²) in [6.45, 7) is 1.93. The molecule has 1 aliphatic heterocycles. The average molecular weight is 327 g/mol. The molecule has 1 saturated heterocycles. The Morgan fingerprint density at radius 2 is 1.96 bits per heavy atom. The SMILES string of the molecule is O=C(N[C@H]1C[C@H]2CNC[C@H]2C[C@@H]1O)c1cc(-c2ccccc2)on1. The van der Waals surface area contributed by atoms with E-state index in [1.807, 2.05) is 30.3 Å². The number of carbonyl (C=O) groups is 1. The van der Waals surface area contributed by atoms with Crippen LogP contribution in [0.3, 0.4) is 0 Å². The van der Waals surface area contributed by atoms with Crippen LogP contribution in [-0.2, 0) is 0 Å². The van der Waals surface area contributed by atoms with Gasteiger partial charge in [-0.15, -0.1) is 0 Å². The molecule has 4 atom stereocenters. The van der Waals surface area contributed by atoms with Gasteiger partial charge in [-0.3, -0.25) is 4.79 Å². The first-order valence-electron chi connectivity index (χ1n) is 8.42. The first-order valence-corrected chi connectivity index (χ1v) is 8.42. The molecule has 2 aliphatic rings. The Hall–Kier alpha value is -2.18. The molecule has 4 rings (SSSR count). The minimum atomic E-state index is -0.504. The molecule has 0 bridgehead atoms. The molecule has 1 aliphatic carbocycles. The molecular weight excluding hydrogens is 306 g/mol. The van der Waals surface area contributed by atoms with Crippen LogP contribution >= 0.6 is 0 Å². The van der Waals surface area contributed by atoms with Crippen LogP contribution in [0, 0.1) is 11.8 Å². The normalized spacial score (nSPS) is 29.2. The number of benzene rings is 1. The van der Waals surface area contributed by atoms with Gasteiger partial charge in [0.15, 0.2) is 11.5 Å². The predicted molar refractivity (Wildman–Crippen MR) is 88.3 cm³/mol. The van der Waals surface area contributed by atoms with E-state index >= 15 is 0 Å². The summed E-state index contributed by atoms with van der Waals surface area (Å²) in [7, 11) is 0. The van der Waals surface area contributed by atoms with Crippen molar-refractivity contribution in [2.75, 3.05) is 13.1 Å². The van der Waals surface area contributed by atoms with E-state index in [1.165, 1.54) is 0 Å². The van der Waals surface area contributed by atoms with Crippen LogP contribution in [-0.4, -0.2) is 41.4 Å². The smallest absolute Gasteiger partial charge is 0.273 e. The van der Waals surface area contributed by atoms with Gasteiger partial charge in [-0.05, 0) is 37.8 Å². The molecule has 0 spiro atoms. The zero-order valence-electron chi connectivity index (χ0n) is 13.3. The number of carbonyl (C=O) groups excluding carboxylic acids is 1. The van der Waals surface area contributed by atoms with Gasteiger partial charge in [-0.25, -0.2) is 0 Å². The monoisotopic (exact) mass is 327 g/mol. The summed E-state index contributed by atoms with van der Waals surface area (Å²) in [6.07, 6.45) is 1.03. The maximum atomic E-state index is 12.4. The largest absolute Gasteiger partial charge is 0.391 e. The van der Waals surface area contributed by atoms with Crippen LogP contribution in [0.15, 0.2) is 40.9 Å². The van der Waals surface area contributed by atoms with Crippen LogP contribution in [0.2, 0.25) is 0 Å². The van der Waals surface area contributed by atoms with E-state index < -0.39 is 6.10 Å². The van der Waals surface area contributed by atoms with Crippen LogP contribution in [0.25, 0.3) is 11.3 Å². The Labute approximate surface area is 140 Å². The van der Waals surface area contributed by atoms with Gasteiger partial charge in [0, 0.05) is 11.6 Å². The number of nitrogens with zero attached hydrogens (tertiary/aromatic N) is 1. The van der Waals surface area contributed by atoms with Crippen molar-refractivity contribution >= 4 is 5.91 Å². The molecular formula is C18H21N3O3. The number of nitrogens with one attached hydrogen (secondary N) is 2. The molecule has 3 N–H and O–H groups in total. The molecule has 24 heavy (non-hydrogen) atoms. The van der Waals surface area contributed by atoms with Crippen LogP contribution < -0.4 is 10.6 Å². The second-order valence-corrected chi connectivity index (χ2v) is 6.74. The highest BCUT2D eigenvalue weighted by atomic mass is 16.5. The van der Waals surface area contributed by atoms with Gasteiger partial charge in [-0.2, -0.15) is 0 Å². The van der Waals surface area contributed by atoms with Crippen molar-refractivity contribution in [3.8, 4) is 11.3 Å². The molecule has 0 unspecified atom stereocenters. The van der Waals surface area contributed by atoms with Gasteiger partial charge < -0.3 is 20.3 Å². The highest BCUT2D eigenvalue weighted by Gasteiger charge is 2.39. The topological polar surface area (TPSA) is 87.4 Å². The second kappa shape index (κ2) is 6.37. The van der Waals surface area contributed by atoms with E-state index in [0.717, 1.165) is 31.5 Å². The van der Waals surface area contributed by atoms with E-state index in [0.29, 0.717) is 17.6 Å². The molecule has 126 valence electrons. The fourth-order valence-electron chi connectivity index (χ4n) is 3.81. The number of aromatic nitrogens is 1. The molecule has 1 saturated carbocycles. The minimum absolute atomic E-state index is 0.226. The Kier molecular flexibility index (Phi) is 4.08. The number of rotatable bonds is 3. The van der Waals surface area contributed by atoms with Crippen molar-refractivity contribution in [1.82, 2.24) is 15.8 Å². The predicted octanol–water partition coefficient (Wildman–Crippen LogP) is 1.43. The van der Waals surface area contributed by atoms with Gasteiger partial charge in [0.1, 0.15) is 0 Å². The number of fused-ring (bicyclic) bond motifs is 1. The molecule has 6 heteroatoms. The van der Waals surface area contributed by atoms with Crippen LogP contribution in [0.4, 0.5) is 0 Å². The molecule has 1 amide bonds. The molecule has 0 radical (unpaired) electrons. The summed E-state index contributed by atoms with van der Waals surface area (Å²) >= 11 is 0. The summed E-state index contributed by atoms with van der Waals surface area (Å²) in [5.74, 6) is 1.31. The third kappa shape index (κ3) is 2.95. The highest BCUT2D eigenvalue weighted by molar-refractivity contribution is 5.93. The van der Waals surface area contributed by atoms with E-state index in [-0.39, 0.29) is 17.6 Å². The number of amides is 1. The summed E-state index contributed by atoms with van der Waals surface area (Å²) in [4.78, 5) is 12.4. The summed E-state index contributed by atoms with van der Waals surface area (Å²) in [6, 6.07) is 10.9. The Balaban J connectivity index is 1.44. The van der Waals surface area contributed by atoms with Crippen molar-refractivity contribution in [2.45, 2.75) is 25.0 Å². The van der Waals surface area contributed by atoms with Crippen molar-refractivity contribution in [3.63, 3.8) is 0 Å². The number of aliphatic hydroxyl groups is 1. The minimum Gasteiger partial charge on any atom is -0.391 e. The third-order valence-corrected chi connectivity index (χ3v) is 5.16. The van der Waals surface area contributed by atoms with Crippen LogP contribution in [0.1, 0.15) is 23.3 Å². The van der Waals surface area contributed by atoms with E-state index in [9.17, 15) is 9.90 Å². The second-order valence-electron chi connectivity index (χ2n) is 6.74. The lowest BCUT2D eigenvalue weighted by Gasteiger charge is -2.35. The zero-order valence-corrected chi connectivity index (χ0v) is 13.3. The Morgan fingerprint density at radius 3 is 2.75 bits per heavy atom. The Bertz CT molecular complexity index is 715. The quantitative estimate of drug-likeness (QED) is 0.794. The fraction of sp³-hybridized carbons (Fsp3) is 0.444.